The smallest absolute Gasteiger partial charge is 0.268 e. The summed E-state index contributed by atoms with van der Waals surface area (Å²) in [5, 5.41) is 8.94. The molecular formula is C20H14ClFN6O3S. The first-order valence-electron chi connectivity index (χ1n) is 9.12. The molecule has 4 rings (SSSR count). The highest BCUT2D eigenvalue weighted by Crippen LogP contribution is 2.22. The van der Waals surface area contributed by atoms with Gasteiger partial charge in [0.15, 0.2) is 0 Å². The van der Waals surface area contributed by atoms with Crippen LogP contribution < -0.4 is 16.2 Å². The average Bonchev–Trinajstić information content (AvgIpc) is 3.38. The molecule has 2 N–H and O–H groups in total. The molecule has 32 heavy (non-hydrogen) atoms. The van der Waals surface area contributed by atoms with Gasteiger partial charge in [-0.25, -0.2) is 14.1 Å². The zero-order chi connectivity index (χ0) is 22.7. The number of halogens is 2. The Bertz CT molecular complexity index is 1370. The van der Waals surface area contributed by atoms with Crippen molar-refractivity contribution in [1.82, 2.24) is 19.3 Å². The quantitative estimate of drug-likeness (QED) is 0.448. The number of aromatic nitrogens is 4. The van der Waals surface area contributed by atoms with Gasteiger partial charge in [-0.3, -0.25) is 24.3 Å². The van der Waals surface area contributed by atoms with E-state index >= 15 is 0 Å². The van der Waals surface area contributed by atoms with Crippen LogP contribution in [0.2, 0.25) is 4.34 Å². The molecule has 0 radical (unpaired) electrons. The second kappa shape index (κ2) is 9.12. The van der Waals surface area contributed by atoms with Crippen LogP contribution in [0.3, 0.4) is 0 Å². The molecule has 0 aliphatic carbocycles. The van der Waals surface area contributed by atoms with Gasteiger partial charge in [0.1, 0.15) is 18.7 Å². The van der Waals surface area contributed by atoms with Gasteiger partial charge in [0.2, 0.25) is 11.9 Å². The number of nitrogens with zero attached hydrogens (tertiary/aromatic N) is 4. The standard InChI is InChI=1S/C20H14ClFN6O3S/c21-16-7-6-15(32-16)19(31)25-20-23-11-27(26-20)10-17(29)24-14-5-4-12(9-13(14)22)28-8-2-1-3-18(28)30/h1-9,11H,10H2,(H,24,29)(H,25,26,31). The van der Waals surface area contributed by atoms with E-state index in [0.29, 0.717) is 14.9 Å². The van der Waals surface area contributed by atoms with Gasteiger partial charge in [-0.15, -0.1) is 16.4 Å². The topological polar surface area (TPSA) is 111 Å². The third kappa shape index (κ3) is 4.90. The van der Waals surface area contributed by atoms with Crippen molar-refractivity contribution in [2.45, 2.75) is 6.54 Å². The minimum atomic E-state index is -0.701. The zero-order valence-electron chi connectivity index (χ0n) is 16.2. The van der Waals surface area contributed by atoms with Crippen molar-refractivity contribution >= 4 is 46.4 Å². The Balaban J connectivity index is 1.38. The lowest BCUT2D eigenvalue weighted by Crippen LogP contribution is -2.20. The van der Waals surface area contributed by atoms with Crippen molar-refractivity contribution in [3.63, 3.8) is 0 Å². The number of hydrogen-bond donors (Lipinski definition) is 2. The summed E-state index contributed by atoms with van der Waals surface area (Å²) < 4.78 is 17.4. The number of amides is 2. The molecule has 0 saturated carbocycles. The summed E-state index contributed by atoms with van der Waals surface area (Å²) >= 11 is 6.92. The number of nitrogens with one attached hydrogen (secondary N) is 2. The Kier molecular flexibility index (Phi) is 6.10. The van der Waals surface area contributed by atoms with Gasteiger partial charge in [0.25, 0.3) is 11.5 Å². The van der Waals surface area contributed by atoms with Gasteiger partial charge in [0.05, 0.1) is 20.6 Å². The third-order valence-electron chi connectivity index (χ3n) is 4.19. The second-order valence-electron chi connectivity index (χ2n) is 6.44. The number of carbonyl (C=O) groups excluding carboxylic acids is 2. The largest absolute Gasteiger partial charge is 0.322 e. The van der Waals surface area contributed by atoms with E-state index < -0.39 is 17.6 Å². The average molecular weight is 473 g/mol. The lowest BCUT2D eigenvalue weighted by atomic mass is 10.2. The second-order valence-corrected chi connectivity index (χ2v) is 8.16. The molecule has 0 unspecified atom stereocenters. The summed E-state index contributed by atoms with van der Waals surface area (Å²) in [7, 11) is 0. The first kappa shape index (κ1) is 21.4. The minimum absolute atomic E-state index is 0.0103. The summed E-state index contributed by atoms with van der Waals surface area (Å²) in [6.07, 6.45) is 2.78. The Morgan fingerprint density at radius 1 is 1.12 bits per heavy atom. The van der Waals surface area contributed by atoms with E-state index in [9.17, 15) is 18.8 Å². The van der Waals surface area contributed by atoms with Crippen molar-refractivity contribution in [2.75, 3.05) is 10.6 Å². The van der Waals surface area contributed by atoms with Crippen LogP contribution in [-0.2, 0) is 11.3 Å². The van der Waals surface area contributed by atoms with Gasteiger partial charge in [-0.05, 0) is 30.3 Å². The molecule has 0 saturated heterocycles. The van der Waals surface area contributed by atoms with E-state index in [1.165, 1.54) is 40.0 Å². The molecule has 0 atom stereocenters. The van der Waals surface area contributed by atoms with Crippen LogP contribution >= 0.6 is 22.9 Å². The van der Waals surface area contributed by atoms with Crippen LogP contribution in [0.1, 0.15) is 9.67 Å². The van der Waals surface area contributed by atoms with Crippen molar-refractivity contribution < 1.29 is 14.0 Å². The Morgan fingerprint density at radius 3 is 2.69 bits per heavy atom. The summed E-state index contributed by atoms with van der Waals surface area (Å²) in [5.41, 5.74) is -0.0272. The SMILES string of the molecule is O=C(Cn1cnc(NC(=O)c2ccc(Cl)s2)n1)Nc1ccc(-n2ccccc2=O)cc1F. The highest BCUT2D eigenvalue weighted by atomic mass is 35.5. The van der Waals surface area contributed by atoms with E-state index in [-0.39, 0.29) is 23.7 Å². The summed E-state index contributed by atoms with van der Waals surface area (Å²) in [6, 6.07) is 11.8. The maximum absolute atomic E-state index is 14.5. The third-order valence-corrected chi connectivity index (χ3v) is 5.42. The van der Waals surface area contributed by atoms with E-state index in [4.69, 9.17) is 11.6 Å². The molecule has 1 aromatic carbocycles. The van der Waals surface area contributed by atoms with E-state index in [2.05, 4.69) is 20.7 Å². The molecule has 0 aliphatic heterocycles. The monoisotopic (exact) mass is 472 g/mol. The molecule has 12 heteroatoms. The molecule has 9 nitrogen and oxygen atoms in total. The molecule has 0 aliphatic rings. The molecule has 3 aromatic heterocycles. The van der Waals surface area contributed by atoms with Crippen LogP contribution in [0.15, 0.2) is 65.8 Å². The van der Waals surface area contributed by atoms with Crippen LogP contribution in [-0.4, -0.2) is 31.1 Å². The summed E-state index contributed by atoms with van der Waals surface area (Å²) in [6.45, 7) is -0.257. The minimum Gasteiger partial charge on any atom is -0.322 e. The number of pyridine rings is 1. The number of hydrogen-bond acceptors (Lipinski definition) is 6. The van der Waals surface area contributed by atoms with Gasteiger partial charge >= 0.3 is 0 Å². The van der Waals surface area contributed by atoms with Gasteiger partial charge in [-0.2, -0.15) is 0 Å². The van der Waals surface area contributed by atoms with E-state index in [1.807, 2.05) is 0 Å². The summed E-state index contributed by atoms with van der Waals surface area (Å²) in [5.74, 6) is -1.67. The molecule has 0 bridgehead atoms. The Hall–Kier alpha value is -3.83. The number of carbonyl (C=O) groups is 2. The van der Waals surface area contributed by atoms with Crippen molar-refractivity contribution in [2.24, 2.45) is 0 Å². The molecule has 2 amide bonds. The van der Waals surface area contributed by atoms with E-state index in [0.717, 1.165) is 17.4 Å². The fraction of sp³-hybridized carbons (Fsp3) is 0.0500. The molecule has 162 valence electrons. The van der Waals surface area contributed by atoms with Gasteiger partial charge < -0.3 is 5.32 Å². The zero-order valence-corrected chi connectivity index (χ0v) is 17.7. The first-order chi connectivity index (χ1) is 15.4. The van der Waals surface area contributed by atoms with Gasteiger partial charge in [-0.1, -0.05) is 17.7 Å². The fourth-order valence-electron chi connectivity index (χ4n) is 2.76. The van der Waals surface area contributed by atoms with E-state index in [1.54, 1.807) is 24.3 Å². The molecule has 4 aromatic rings. The van der Waals surface area contributed by atoms with Crippen LogP contribution in [0.25, 0.3) is 5.69 Å². The van der Waals surface area contributed by atoms with Crippen molar-refractivity contribution in [3.05, 3.63) is 86.4 Å². The lowest BCUT2D eigenvalue weighted by Gasteiger charge is -2.09. The first-order valence-corrected chi connectivity index (χ1v) is 10.3. The van der Waals surface area contributed by atoms with Crippen LogP contribution in [0, 0.1) is 5.82 Å². The maximum atomic E-state index is 14.5. The molecule has 0 spiro atoms. The number of rotatable bonds is 6. The molecule has 3 heterocycles. The fourth-order valence-corrected chi connectivity index (χ4v) is 3.70. The number of benzene rings is 1. The summed E-state index contributed by atoms with van der Waals surface area (Å²) in [4.78, 5) is 40.6. The predicted molar refractivity (Wildman–Crippen MR) is 118 cm³/mol. The normalized spacial score (nSPS) is 10.7. The molecule has 0 fully saturated rings. The highest BCUT2D eigenvalue weighted by Gasteiger charge is 2.14. The highest BCUT2D eigenvalue weighted by molar-refractivity contribution is 7.18. The Morgan fingerprint density at radius 2 is 1.97 bits per heavy atom. The lowest BCUT2D eigenvalue weighted by molar-refractivity contribution is -0.116. The van der Waals surface area contributed by atoms with Crippen LogP contribution in [0.4, 0.5) is 16.0 Å². The van der Waals surface area contributed by atoms with Crippen molar-refractivity contribution in [3.8, 4) is 5.69 Å². The van der Waals surface area contributed by atoms with Crippen molar-refractivity contribution in [1.29, 1.82) is 0 Å². The number of anilines is 2. The molecular weight excluding hydrogens is 459 g/mol. The Labute approximate surface area is 189 Å². The number of thiophene rings is 1. The predicted octanol–water partition coefficient (Wildman–Crippen LogP) is 3.17. The maximum Gasteiger partial charge on any atom is 0.268 e. The van der Waals surface area contributed by atoms with Gasteiger partial charge in [0, 0.05) is 18.3 Å². The van der Waals surface area contributed by atoms with Crippen LogP contribution in [0.5, 0.6) is 0 Å².